The summed E-state index contributed by atoms with van der Waals surface area (Å²) in [6.45, 7) is 2.31. The first-order valence-electron chi connectivity index (χ1n) is 9.97. The Bertz CT molecular complexity index is 1200. The molecule has 0 bridgehead atoms. The van der Waals surface area contributed by atoms with Crippen LogP contribution in [0.4, 0.5) is 16.2 Å². The van der Waals surface area contributed by atoms with Gasteiger partial charge in [-0.2, -0.15) is 0 Å². The van der Waals surface area contributed by atoms with Gasteiger partial charge in [0.05, 0.1) is 17.4 Å². The fraction of sp³-hybridized carbons (Fsp3) is 0.125. The van der Waals surface area contributed by atoms with E-state index in [0.717, 1.165) is 27.7 Å². The second kappa shape index (κ2) is 9.13. The molecule has 3 N–H and O–H groups in total. The molecule has 0 spiro atoms. The largest absolute Gasteiger partial charge is 0.465 e. The highest BCUT2D eigenvalue weighted by atomic mass is 16.4. The SMILES string of the molecule is CC(CNc1cncc(C=Cc2ccncc2)c1)N(C(=O)O)c1c[nH]c2ccccc12. The third-order valence-corrected chi connectivity index (χ3v) is 5.01. The van der Waals surface area contributed by atoms with Gasteiger partial charge in [-0.05, 0) is 42.3 Å². The number of para-hydroxylation sites is 1. The summed E-state index contributed by atoms with van der Waals surface area (Å²) >= 11 is 0. The van der Waals surface area contributed by atoms with Crippen LogP contribution in [-0.4, -0.2) is 38.7 Å². The monoisotopic (exact) mass is 413 g/mol. The highest BCUT2D eigenvalue weighted by Crippen LogP contribution is 2.28. The van der Waals surface area contributed by atoms with Crippen LogP contribution >= 0.6 is 0 Å². The Kier molecular flexibility index (Phi) is 5.93. The van der Waals surface area contributed by atoms with Gasteiger partial charge in [0.25, 0.3) is 0 Å². The molecule has 0 fully saturated rings. The lowest BCUT2D eigenvalue weighted by atomic mass is 10.2. The average Bonchev–Trinajstić information content (AvgIpc) is 3.21. The second-order valence-electron chi connectivity index (χ2n) is 7.22. The Labute approximate surface area is 180 Å². The number of benzene rings is 1. The van der Waals surface area contributed by atoms with Crippen molar-refractivity contribution >= 4 is 40.5 Å². The zero-order valence-corrected chi connectivity index (χ0v) is 17.1. The number of aromatic amines is 1. The number of nitrogens with one attached hydrogen (secondary N) is 2. The predicted octanol–water partition coefficient (Wildman–Crippen LogP) is 5.11. The number of carbonyl (C=O) groups is 1. The highest BCUT2D eigenvalue weighted by Gasteiger charge is 2.24. The Morgan fingerprint density at radius 1 is 1.13 bits per heavy atom. The van der Waals surface area contributed by atoms with Crippen LogP contribution in [0.3, 0.4) is 0 Å². The number of hydrogen-bond acceptors (Lipinski definition) is 4. The van der Waals surface area contributed by atoms with Crippen molar-refractivity contribution < 1.29 is 9.90 Å². The third-order valence-electron chi connectivity index (χ3n) is 5.01. The molecule has 0 aliphatic heterocycles. The van der Waals surface area contributed by atoms with E-state index in [4.69, 9.17) is 0 Å². The molecule has 4 rings (SSSR count). The maximum absolute atomic E-state index is 12.0. The van der Waals surface area contributed by atoms with Crippen molar-refractivity contribution in [2.24, 2.45) is 0 Å². The van der Waals surface area contributed by atoms with Gasteiger partial charge in [-0.25, -0.2) is 4.79 Å². The number of fused-ring (bicyclic) bond motifs is 1. The lowest BCUT2D eigenvalue weighted by Crippen LogP contribution is -2.41. The number of amides is 1. The smallest absolute Gasteiger partial charge is 0.412 e. The van der Waals surface area contributed by atoms with E-state index in [2.05, 4.69) is 20.3 Å². The topological polar surface area (TPSA) is 94.1 Å². The minimum absolute atomic E-state index is 0.298. The van der Waals surface area contributed by atoms with E-state index < -0.39 is 6.09 Å². The Morgan fingerprint density at radius 2 is 1.90 bits per heavy atom. The number of rotatable bonds is 7. The van der Waals surface area contributed by atoms with Crippen LogP contribution in [0.5, 0.6) is 0 Å². The number of aromatic nitrogens is 3. The van der Waals surface area contributed by atoms with Crippen molar-refractivity contribution in [2.75, 3.05) is 16.8 Å². The van der Waals surface area contributed by atoms with E-state index in [0.29, 0.717) is 12.2 Å². The summed E-state index contributed by atoms with van der Waals surface area (Å²) in [5, 5.41) is 14.0. The summed E-state index contributed by atoms with van der Waals surface area (Å²) in [5.41, 5.74) is 4.37. The molecule has 7 heteroatoms. The van der Waals surface area contributed by atoms with E-state index in [-0.39, 0.29) is 6.04 Å². The Morgan fingerprint density at radius 3 is 2.71 bits per heavy atom. The number of nitrogens with zero attached hydrogens (tertiary/aromatic N) is 3. The number of anilines is 2. The summed E-state index contributed by atoms with van der Waals surface area (Å²) in [4.78, 5) is 24.8. The molecule has 1 unspecified atom stereocenters. The molecular formula is C24H23N5O2. The fourth-order valence-electron chi connectivity index (χ4n) is 3.45. The minimum Gasteiger partial charge on any atom is -0.465 e. The number of H-pyrrole nitrogens is 1. The summed E-state index contributed by atoms with van der Waals surface area (Å²) in [6.07, 6.45) is 11.7. The van der Waals surface area contributed by atoms with E-state index >= 15 is 0 Å². The van der Waals surface area contributed by atoms with Crippen LogP contribution < -0.4 is 10.2 Å². The van der Waals surface area contributed by atoms with Crippen LogP contribution in [-0.2, 0) is 0 Å². The van der Waals surface area contributed by atoms with Gasteiger partial charge in [-0.1, -0.05) is 30.4 Å². The van der Waals surface area contributed by atoms with E-state index in [1.165, 1.54) is 4.90 Å². The van der Waals surface area contributed by atoms with Crippen molar-refractivity contribution in [3.63, 3.8) is 0 Å². The Balaban J connectivity index is 1.46. The summed E-state index contributed by atoms with van der Waals surface area (Å²) in [7, 11) is 0. The molecule has 1 aromatic carbocycles. The van der Waals surface area contributed by atoms with Gasteiger partial charge in [-0.3, -0.25) is 14.9 Å². The van der Waals surface area contributed by atoms with Gasteiger partial charge in [-0.15, -0.1) is 0 Å². The molecule has 0 radical (unpaired) electrons. The third kappa shape index (κ3) is 4.72. The first-order valence-corrected chi connectivity index (χ1v) is 9.97. The van der Waals surface area contributed by atoms with Gasteiger partial charge in [0.15, 0.2) is 0 Å². The molecule has 31 heavy (non-hydrogen) atoms. The van der Waals surface area contributed by atoms with Crippen LogP contribution in [0.25, 0.3) is 23.1 Å². The molecule has 0 aliphatic carbocycles. The predicted molar refractivity (Wildman–Crippen MR) is 124 cm³/mol. The van der Waals surface area contributed by atoms with Gasteiger partial charge in [0.2, 0.25) is 0 Å². The van der Waals surface area contributed by atoms with Crippen molar-refractivity contribution in [1.29, 1.82) is 0 Å². The van der Waals surface area contributed by atoms with Crippen LogP contribution in [0.2, 0.25) is 0 Å². The lowest BCUT2D eigenvalue weighted by Gasteiger charge is -2.26. The van der Waals surface area contributed by atoms with Crippen molar-refractivity contribution in [2.45, 2.75) is 13.0 Å². The second-order valence-corrected chi connectivity index (χ2v) is 7.22. The zero-order valence-electron chi connectivity index (χ0n) is 17.1. The fourth-order valence-corrected chi connectivity index (χ4v) is 3.45. The molecule has 0 saturated heterocycles. The first-order chi connectivity index (χ1) is 15.1. The average molecular weight is 413 g/mol. The summed E-state index contributed by atoms with van der Waals surface area (Å²) < 4.78 is 0. The van der Waals surface area contributed by atoms with Gasteiger partial charge in [0.1, 0.15) is 0 Å². The molecule has 1 atom stereocenters. The van der Waals surface area contributed by atoms with Gasteiger partial charge in [0, 0.05) is 48.4 Å². The first kappa shape index (κ1) is 20.2. The number of hydrogen-bond donors (Lipinski definition) is 3. The quantitative estimate of drug-likeness (QED) is 0.391. The lowest BCUT2D eigenvalue weighted by molar-refractivity contribution is 0.200. The van der Waals surface area contributed by atoms with Crippen molar-refractivity contribution in [1.82, 2.24) is 15.0 Å². The van der Waals surface area contributed by atoms with Gasteiger partial charge >= 0.3 is 6.09 Å². The zero-order chi connectivity index (χ0) is 21.6. The highest BCUT2D eigenvalue weighted by molar-refractivity contribution is 6.00. The number of carboxylic acid groups (broad SMARTS) is 1. The molecular weight excluding hydrogens is 390 g/mol. The van der Waals surface area contributed by atoms with Crippen LogP contribution in [0, 0.1) is 0 Å². The molecule has 7 nitrogen and oxygen atoms in total. The standard InChI is InChI=1S/C24H23N5O2/c1-17(29(24(30)31)23-16-28-22-5-3-2-4-21(22)23)13-27-20-12-19(14-26-15-20)7-6-18-8-10-25-11-9-18/h2-12,14-17,27-28H,13H2,1H3,(H,30,31). The maximum atomic E-state index is 12.0. The maximum Gasteiger partial charge on any atom is 0.412 e. The van der Waals surface area contributed by atoms with Crippen LogP contribution in [0.1, 0.15) is 18.1 Å². The molecule has 4 aromatic rings. The van der Waals surface area contributed by atoms with Gasteiger partial charge < -0.3 is 15.4 Å². The van der Waals surface area contributed by atoms with Crippen molar-refractivity contribution in [3.05, 3.63) is 84.6 Å². The Hall–Kier alpha value is -4.13. The molecule has 0 aliphatic rings. The molecule has 3 aromatic heterocycles. The normalized spacial score (nSPS) is 12.2. The molecule has 0 saturated carbocycles. The van der Waals surface area contributed by atoms with Crippen LogP contribution in [0.15, 0.2) is 73.4 Å². The van der Waals surface area contributed by atoms with E-state index in [9.17, 15) is 9.90 Å². The number of pyridine rings is 2. The molecule has 1 amide bonds. The molecule has 156 valence electrons. The minimum atomic E-state index is -0.994. The van der Waals surface area contributed by atoms with E-state index in [1.54, 1.807) is 31.0 Å². The molecule has 3 heterocycles. The van der Waals surface area contributed by atoms with E-state index in [1.807, 2.05) is 61.5 Å². The summed E-state index contributed by atoms with van der Waals surface area (Å²) in [6, 6.07) is 13.2. The van der Waals surface area contributed by atoms with Crippen molar-refractivity contribution in [3.8, 4) is 0 Å². The summed E-state index contributed by atoms with van der Waals surface area (Å²) in [5.74, 6) is 0.